The maximum absolute atomic E-state index is 6.11. The van der Waals surface area contributed by atoms with Gasteiger partial charge in [0, 0.05) is 77.6 Å². The summed E-state index contributed by atoms with van der Waals surface area (Å²) in [7, 11) is -7.89. The Kier molecular flexibility index (Phi) is 28.4. The molecule has 44 heavy (non-hydrogen) atoms. The Morgan fingerprint density at radius 2 is 0.523 bits per heavy atom. The van der Waals surface area contributed by atoms with Crippen LogP contribution in [0.4, 0.5) is 0 Å². The molecule has 0 aliphatic carbocycles. The average Bonchev–Trinajstić information content (AvgIpc) is 2.97. The second kappa shape index (κ2) is 27.4. The summed E-state index contributed by atoms with van der Waals surface area (Å²) >= 11 is 6.46. The van der Waals surface area contributed by atoms with Crippen LogP contribution in [0.15, 0.2) is 0 Å². The van der Waals surface area contributed by atoms with Crippen molar-refractivity contribution in [3.8, 4) is 0 Å². The second-order valence-electron chi connectivity index (χ2n) is 9.66. The van der Waals surface area contributed by atoms with Gasteiger partial charge in [0.05, 0.1) is 0 Å². The quantitative estimate of drug-likeness (QED) is 0.0480. The number of hydrogen-bond donors (Lipinski definition) is 0. The van der Waals surface area contributed by atoms with Crippen molar-refractivity contribution in [1.29, 1.82) is 0 Å². The molecule has 0 radical (unpaired) electrons. The van der Waals surface area contributed by atoms with E-state index in [0.717, 1.165) is 54.7 Å². The molecular formula is C28H66O9S3Si4. The van der Waals surface area contributed by atoms with Gasteiger partial charge in [0.15, 0.2) is 0 Å². The molecule has 0 rings (SSSR count). The van der Waals surface area contributed by atoms with E-state index in [9.17, 15) is 0 Å². The number of rotatable bonds is 33. The van der Waals surface area contributed by atoms with Crippen LogP contribution in [-0.4, -0.2) is 109 Å². The molecule has 0 aliphatic heterocycles. The van der Waals surface area contributed by atoms with Crippen LogP contribution < -0.4 is 0 Å². The Bertz CT molecular complexity index is 543. The van der Waals surface area contributed by atoms with E-state index in [1.807, 2.05) is 62.3 Å². The summed E-state index contributed by atoms with van der Waals surface area (Å²) in [4.78, 5) is 0. The monoisotopic (exact) mass is 754 g/mol. The average molecular weight is 755 g/mol. The molecule has 266 valence electrons. The van der Waals surface area contributed by atoms with Crippen molar-refractivity contribution in [3.63, 3.8) is 0 Å². The van der Waals surface area contributed by atoms with Crippen molar-refractivity contribution in [2.45, 2.75) is 106 Å². The van der Waals surface area contributed by atoms with Gasteiger partial charge in [-0.2, -0.15) is 33.6 Å². The van der Waals surface area contributed by atoms with Gasteiger partial charge in [-0.25, -0.2) is 0 Å². The zero-order chi connectivity index (χ0) is 33.2. The SMILES string of the molecule is CCO[Si](CCCS[Si](C)(SCCC[Si](OCC)(OCC)OCC)SCCC[Si](OCC)(OCC)OCC)(OCC)OCC. The minimum atomic E-state index is -2.63. The minimum Gasteiger partial charge on any atom is -0.374 e. The molecule has 0 atom stereocenters. The maximum Gasteiger partial charge on any atom is 0.500 e. The summed E-state index contributed by atoms with van der Waals surface area (Å²) < 4.78 is 55.0. The highest BCUT2D eigenvalue weighted by Crippen LogP contribution is 2.44. The zero-order valence-corrected chi connectivity index (χ0v) is 36.1. The van der Waals surface area contributed by atoms with Crippen LogP contribution >= 0.6 is 33.6 Å². The molecule has 0 aliphatic rings. The summed E-state index contributed by atoms with van der Waals surface area (Å²) in [5.41, 5.74) is -1.78. The molecule has 16 heteroatoms. The predicted molar refractivity (Wildman–Crippen MR) is 199 cm³/mol. The first-order valence-corrected chi connectivity index (χ1v) is 30.3. The molecule has 0 N–H and O–H groups in total. The molecule has 0 amide bonds. The van der Waals surface area contributed by atoms with Gasteiger partial charge in [-0.05, 0) is 105 Å². The van der Waals surface area contributed by atoms with Crippen LogP contribution in [-0.2, 0) is 39.8 Å². The van der Waals surface area contributed by atoms with E-state index in [1.165, 1.54) is 0 Å². The third-order valence-corrected chi connectivity index (χ3v) is 31.7. The summed E-state index contributed by atoms with van der Waals surface area (Å²) in [5, 5.41) is 0. The fourth-order valence-corrected chi connectivity index (χ4v) is 27.7. The van der Waals surface area contributed by atoms with Crippen LogP contribution in [0, 0.1) is 0 Å². The van der Waals surface area contributed by atoms with Gasteiger partial charge in [0.1, 0.15) is 0 Å². The van der Waals surface area contributed by atoms with E-state index in [0.29, 0.717) is 59.5 Å². The van der Waals surface area contributed by atoms with E-state index in [2.05, 4.69) is 40.2 Å². The largest absolute Gasteiger partial charge is 0.500 e. The summed E-state index contributed by atoms with van der Waals surface area (Å²) in [6.07, 6.45) is 3.06. The Morgan fingerprint density at radius 1 is 0.341 bits per heavy atom. The second-order valence-corrected chi connectivity index (χ2v) is 33.9. The van der Waals surface area contributed by atoms with Crippen LogP contribution in [0.3, 0.4) is 0 Å². The summed E-state index contributed by atoms with van der Waals surface area (Å²) in [6, 6.07) is 2.56. The topological polar surface area (TPSA) is 83.1 Å². The Labute approximate surface area is 287 Å². The minimum absolute atomic E-state index is 0.615. The van der Waals surface area contributed by atoms with Gasteiger partial charge in [-0.15, -0.1) is 0 Å². The first-order chi connectivity index (χ1) is 21.2. The van der Waals surface area contributed by atoms with Crippen molar-refractivity contribution >= 4 is 65.6 Å². The molecule has 0 unspecified atom stereocenters. The third kappa shape index (κ3) is 18.9. The molecule has 0 aromatic carbocycles. The lowest BCUT2D eigenvalue weighted by Gasteiger charge is -2.31. The highest BCUT2D eigenvalue weighted by Gasteiger charge is 2.42. The molecule has 0 aromatic heterocycles. The lowest BCUT2D eigenvalue weighted by molar-refractivity contribution is 0.0704. The molecule has 0 aromatic rings. The fraction of sp³-hybridized carbons (Fsp3) is 1.00. The van der Waals surface area contributed by atoms with Crippen molar-refractivity contribution in [2.75, 3.05) is 76.7 Å². The summed E-state index contributed by atoms with van der Waals surface area (Å²) in [6.45, 7) is 26.2. The van der Waals surface area contributed by atoms with Crippen LogP contribution in [0.5, 0.6) is 0 Å². The Hall–Kier alpha value is 1.56. The highest BCUT2D eigenvalue weighted by atomic mass is 32.8. The Morgan fingerprint density at radius 3 is 0.682 bits per heavy atom. The first kappa shape index (κ1) is 45.6. The molecular weight excluding hydrogens is 689 g/mol. The van der Waals surface area contributed by atoms with Gasteiger partial charge in [0.2, 0.25) is 5.52 Å². The van der Waals surface area contributed by atoms with Crippen LogP contribution in [0.25, 0.3) is 0 Å². The Balaban J connectivity index is 5.46. The van der Waals surface area contributed by atoms with Crippen molar-refractivity contribution in [2.24, 2.45) is 0 Å². The molecule has 0 saturated heterocycles. The lowest BCUT2D eigenvalue weighted by Crippen LogP contribution is -2.46. The molecule has 0 bridgehead atoms. The van der Waals surface area contributed by atoms with Gasteiger partial charge >= 0.3 is 26.4 Å². The summed E-state index contributed by atoms with van der Waals surface area (Å²) in [5.74, 6) is 3.20. The van der Waals surface area contributed by atoms with Gasteiger partial charge < -0.3 is 39.8 Å². The standard InChI is InChI=1S/C28H66O9S3Si4/c1-11-29-42(30-12-2,31-13-3)26-20-23-38-41(10,39-24-21-27-43(32-14-4,33-15-5)34-16-6)40-25-22-28-44(35-17-7,36-18-8)37-19-9/h11-28H2,1-10H3. The van der Waals surface area contributed by atoms with E-state index in [-0.39, 0.29) is 0 Å². The number of hydrogen-bond acceptors (Lipinski definition) is 12. The molecule has 0 fully saturated rings. The van der Waals surface area contributed by atoms with Gasteiger partial charge in [-0.1, -0.05) is 0 Å². The smallest absolute Gasteiger partial charge is 0.374 e. The molecule has 0 saturated carbocycles. The van der Waals surface area contributed by atoms with E-state index >= 15 is 0 Å². The fourth-order valence-electron chi connectivity index (χ4n) is 4.77. The van der Waals surface area contributed by atoms with Gasteiger partial charge in [-0.3, -0.25) is 0 Å². The van der Waals surface area contributed by atoms with E-state index in [4.69, 9.17) is 39.8 Å². The van der Waals surface area contributed by atoms with Crippen LogP contribution in [0.1, 0.15) is 81.6 Å². The van der Waals surface area contributed by atoms with Crippen LogP contribution in [0.2, 0.25) is 24.7 Å². The van der Waals surface area contributed by atoms with Crippen molar-refractivity contribution in [3.05, 3.63) is 0 Å². The zero-order valence-electron chi connectivity index (χ0n) is 29.6. The maximum atomic E-state index is 6.11. The van der Waals surface area contributed by atoms with E-state index in [1.54, 1.807) is 0 Å². The highest BCUT2D eigenvalue weighted by molar-refractivity contribution is 8.80. The van der Waals surface area contributed by atoms with Gasteiger partial charge in [0.25, 0.3) is 0 Å². The molecule has 0 spiro atoms. The normalized spacial score (nSPS) is 13.2. The molecule has 9 nitrogen and oxygen atoms in total. The first-order valence-electron chi connectivity index (χ1n) is 16.8. The predicted octanol–water partition coefficient (Wildman–Crippen LogP) is 8.07. The lowest BCUT2D eigenvalue weighted by atomic mass is 10.6. The van der Waals surface area contributed by atoms with E-state index < -0.39 is 31.9 Å². The van der Waals surface area contributed by atoms with Crippen molar-refractivity contribution in [1.82, 2.24) is 0 Å². The van der Waals surface area contributed by atoms with Crippen molar-refractivity contribution < 1.29 is 39.8 Å². The molecule has 0 heterocycles. The third-order valence-electron chi connectivity index (χ3n) is 6.25.